The number of aromatic nitrogens is 1. The molecule has 2 aromatic rings. The lowest BCUT2D eigenvalue weighted by Gasteiger charge is -2.21. The normalized spacial score (nSPS) is 14.3. The van der Waals surface area contributed by atoms with Crippen LogP contribution in [0.5, 0.6) is 0 Å². The molecule has 1 amide bonds. The summed E-state index contributed by atoms with van der Waals surface area (Å²) in [7, 11) is -4.13. The van der Waals surface area contributed by atoms with Gasteiger partial charge in [-0.3, -0.25) is 14.9 Å². The van der Waals surface area contributed by atoms with Crippen molar-refractivity contribution < 1.29 is 22.7 Å². The molecule has 1 aliphatic rings. The maximum Gasteiger partial charge on any atom is 0.289 e. The van der Waals surface area contributed by atoms with Crippen LogP contribution in [-0.2, 0) is 14.8 Å². The molecule has 12 heteroatoms. The first kappa shape index (κ1) is 19.3. The SMILES string of the molecule is Cc1cc(NC(=O)CN(C2CC2)S(=O)(=O)c2ccc(Cl)c([N+](=O)[O-])c2)no1. The first-order chi connectivity index (χ1) is 12.7. The Morgan fingerprint density at radius 3 is 2.70 bits per heavy atom. The highest BCUT2D eigenvalue weighted by Crippen LogP contribution is 2.34. The van der Waals surface area contributed by atoms with E-state index in [9.17, 15) is 23.3 Å². The maximum atomic E-state index is 12.9. The Kier molecular flexibility index (Phi) is 5.18. The molecule has 0 saturated heterocycles. The van der Waals surface area contributed by atoms with Crippen LogP contribution in [0, 0.1) is 17.0 Å². The van der Waals surface area contributed by atoms with Gasteiger partial charge in [-0.1, -0.05) is 16.8 Å². The van der Waals surface area contributed by atoms with E-state index in [0.717, 1.165) is 16.4 Å². The number of sulfonamides is 1. The third-order valence-electron chi connectivity index (χ3n) is 3.87. The predicted molar refractivity (Wildman–Crippen MR) is 94.9 cm³/mol. The van der Waals surface area contributed by atoms with Crippen LogP contribution in [0.1, 0.15) is 18.6 Å². The second-order valence-corrected chi connectivity index (χ2v) is 8.32. The van der Waals surface area contributed by atoms with E-state index in [0.29, 0.717) is 18.6 Å². The molecular formula is C15H15ClN4O6S. The summed E-state index contributed by atoms with van der Waals surface area (Å²) in [4.78, 5) is 22.2. The first-order valence-electron chi connectivity index (χ1n) is 7.87. The quantitative estimate of drug-likeness (QED) is 0.542. The molecule has 1 N–H and O–H groups in total. The van der Waals surface area contributed by atoms with Gasteiger partial charge in [-0.15, -0.1) is 0 Å². The van der Waals surface area contributed by atoms with Crippen LogP contribution in [0.25, 0.3) is 0 Å². The number of halogens is 1. The summed E-state index contributed by atoms with van der Waals surface area (Å²) in [5.41, 5.74) is -0.518. The number of hydrogen-bond donors (Lipinski definition) is 1. The Balaban J connectivity index is 1.84. The van der Waals surface area contributed by atoms with E-state index < -0.39 is 33.1 Å². The van der Waals surface area contributed by atoms with E-state index in [-0.39, 0.29) is 21.8 Å². The van der Waals surface area contributed by atoms with Gasteiger partial charge < -0.3 is 9.84 Å². The van der Waals surface area contributed by atoms with Gasteiger partial charge in [0.2, 0.25) is 15.9 Å². The van der Waals surface area contributed by atoms with Crippen molar-refractivity contribution in [3.63, 3.8) is 0 Å². The van der Waals surface area contributed by atoms with Crippen molar-refractivity contribution in [1.29, 1.82) is 0 Å². The molecule has 0 bridgehead atoms. The third kappa shape index (κ3) is 4.26. The Bertz CT molecular complexity index is 1000. The van der Waals surface area contributed by atoms with E-state index in [4.69, 9.17) is 16.1 Å². The van der Waals surface area contributed by atoms with E-state index in [1.807, 2.05) is 0 Å². The van der Waals surface area contributed by atoms with E-state index in [1.54, 1.807) is 6.92 Å². The van der Waals surface area contributed by atoms with E-state index in [1.165, 1.54) is 12.1 Å². The van der Waals surface area contributed by atoms with E-state index >= 15 is 0 Å². The van der Waals surface area contributed by atoms with Gasteiger partial charge in [-0.2, -0.15) is 4.31 Å². The van der Waals surface area contributed by atoms with Crippen LogP contribution >= 0.6 is 11.6 Å². The fourth-order valence-corrected chi connectivity index (χ4v) is 4.30. The second kappa shape index (κ2) is 7.25. The van der Waals surface area contributed by atoms with Crippen molar-refractivity contribution in [2.24, 2.45) is 0 Å². The van der Waals surface area contributed by atoms with Crippen LogP contribution in [0.15, 0.2) is 33.7 Å². The number of aryl methyl sites for hydroxylation is 1. The number of nitrogens with one attached hydrogen (secondary N) is 1. The Hall–Kier alpha value is -2.50. The van der Waals surface area contributed by atoms with Crippen molar-refractivity contribution in [2.45, 2.75) is 30.7 Å². The van der Waals surface area contributed by atoms with Crippen LogP contribution in [-0.4, -0.2) is 41.3 Å². The number of rotatable bonds is 7. The minimum absolute atomic E-state index is 0.170. The van der Waals surface area contributed by atoms with Crippen molar-refractivity contribution in [3.8, 4) is 0 Å². The molecule has 1 heterocycles. The Morgan fingerprint density at radius 2 is 2.15 bits per heavy atom. The zero-order valence-electron chi connectivity index (χ0n) is 14.1. The number of benzene rings is 1. The number of hydrogen-bond acceptors (Lipinski definition) is 7. The lowest BCUT2D eigenvalue weighted by molar-refractivity contribution is -0.384. The van der Waals surface area contributed by atoms with Crippen molar-refractivity contribution in [1.82, 2.24) is 9.46 Å². The number of nitrogens with zero attached hydrogens (tertiary/aromatic N) is 3. The topological polar surface area (TPSA) is 136 Å². The Morgan fingerprint density at radius 1 is 1.44 bits per heavy atom. The molecule has 1 saturated carbocycles. The Labute approximate surface area is 159 Å². The van der Waals surface area contributed by atoms with Gasteiger partial charge in [0.1, 0.15) is 10.8 Å². The molecule has 0 radical (unpaired) electrons. The largest absolute Gasteiger partial charge is 0.360 e. The molecule has 1 aromatic carbocycles. The highest BCUT2D eigenvalue weighted by molar-refractivity contribution is 7.89. The maximum absolute atomic E-state index is 12.9. The van der Waals surface area contributed by atoms with Gasteiger partial charge >= 0.3 is 0 Å². The van der Waals surface area contributed by atoms with Gasteiger partial charge in [0.05, 0.1) is 16.4 Å². The number of nitro groups is 1. The smallest absolute Gasteiger partial charge is 0.289 e. The van der Waals surface area contributed by atoms with Crippen molar-refractivity contribution >= 4 is 39.0 Å². The third-order valence-corrected chi connectivity index (χ3v) is 6.08. The monoisotopic (exact) mass is 414 g/mol. The molecule has 1 aliphatic carbocycles. The molecule has 10 nitrogen and oxygen atoms in total. The van der Waals surface area contributed by atoms with Crippen LogP contribution < -0.4 is 5.32 Å². The van der Waals surface area contributed by atoms with E-state index in [2.05, 4.69) is 10.5 Å². The van der Waals surface area contributed by atoms with Gasteiger partial charge in [0.25, 0.3) is 5.69 Å². The highest BCUT2D eigenvalue weighted by atomic mass is 35.5. The van der Waals surface area contributed by atoms with Gasteiger partial charge in [-0.05, 0) is 31.9 Å². The summed E-state index contributed by atoms with van der Waals surface area (Å²) >= 11 is 5.74. The predicted octanol–water partition coefficient (Wildman–Crippen LogP) is 2.34. The number of anilines is 1. The summed E-state index contributed by atoms with van der Waals surface area (Å²) in [6.45, 7) is 1.20. The molecule has 1 aromatic heterocycles. The molecule has 0 aliphatic heterocycles. The van der Waals surface area contributed by atoms with Gasteiger partial charge in [0.15, 0.2) is 5.82 Å². The fourth-order valence-electron chi connectivity index (χ4n) is 2.45. The highest BCUT2D eigenvalue weighted by Gasteiger charge is 2.40. The van der Waals surface area contributed by atoms with Crippen molar-refractivity contribution in [3.05, 3.63) is 45.2 Å². The summed E-state index contributed by atoms with van der Waals surface area (Å²) in [5, 5.41) is 16.9. The molecular weight excluding hydrogens is 400 g/mol. The molecule has 144 valence electrons. The summed E-state index contributed by atoms with van der Waals surface area (Å²) in [6, 6.07) is 4.38. The minimum Gasteiger partial charge on any atom is -0.360 e. The van der Waals surface area contributed by atoms with Crippen molar-refractivity contribution in [2.75, 3.05) is 11.9 Å². The van der Waals surface area contributed by atoms with Crippen LogP contribution in [0.3, 0.4) is 0 Å². The van der Waals surface area contributed by atoms with Gasteiger partial charge in [0, 0.05) is 18.2 Å². The number of nitro benzene ring substituents is 1. The summed E-state index contributed by atoms with van der Waals surface area (Å²) in [5.74, 6) is 0.0699. The summed E-state index contributed by atoms with van der Waals surface area (Å²) in [6.07, 6.45) is 1.20. The molecule has 0 spiro atoms. The minimum atomic E-state index is -4.13. The van der Waals surface area contributed by atoms with Crippen LogP contribution in [0.2, 0.25) is 5.02 Å². The number of carbonyl (C=O) groups is 1. The average Bonchev–Trinajstić information content (AvgIpc) is 3.35. The molecule has 3 rings (SSSR count). The molecule has 27 heavy (non-hydrogen) atoms. The summed E-state index contributed by atoms with van der Waals surface area (Å²) < 4.78 is 31.7. The number of amides is 1. The standard InChI is InChI=1S/C15H15ClN4O6S/c1-9-6-14(18-26-9)17-15(21)8-19(10-2-3-10)27(24,25)11-4-5-12(16)13(7-11)20(22)23/h4-7,10H,2-3,8H2,1H3,(H,17,18,21). The van der Waals surface area contributed by atoms with Gasteiger partial charge in [-0.25, -0.2) is 8.42 Å². The van der Waals surface area contributed by atoms with Crippen LogP contribution in [0.4, 0.5) is 11.5 Å². The average molecular weight is 415 g/mol. The molecule has 0 unspecified atom stereocenters. The lowest BCUT2D eigenvalue weighted by Crippen LogP contribution is -2.39. The zero-order chi connectivity index (χ0) is 19.8. The fraction of sp³-hybridized carbons (Fsp3) is 0.333. The molecule has 0 atom stereocenters. The lowest BCUT2D eigenvalue weighted by atomic mass is 10.3. The number of carbonyl (C=O) groups excluding carboxylic acids is 1. The zero-order valence-corrected chi connectivity index (χ0v) is 15.7. The second-order valence-electron chi connectivity index (χ2n) is 6.02. The first-order valence-corrected chi connectivity index (χ1v) is 9.69. The molecule has 1 fully saturated rings.